The van der Waals surface area contributed by atoms with Crippen LogP contribution in [0.3, 0.4) is 0 Å². The molecule has 1 atom stereocenters. The average molecular weight is 504 g/mol. The molecule has 1 fully saturated rings. The van der Waals surface area contributed by atoms with E-state index >= 15 is 0 Å². The zero-order valence-corrected chi connectivity index (χ0v) is 19.9. The van der Waals surface area contributed by atoms with Crippen molar-refractivity contribution in [2.45, 2.75) is 52.4 Å². The first-order valence-electron chi connectivity index (χ1n) is 10.5. The van der Waals surface area contributed by atoms with Gasteiger partial charge in [0.1, 0.15) is 0 Å². The third-order valence-corrected chi connectivity index (χ3v) is 6.21. The van der Waals surface area contributed by atoms with Crippen LogP contribution in [-0.4, -0.2) is 65.2 Å². The molecule has 9 heteroatoms. The van der Waals surface area contributed by atoms with Crippen molar-refractivity contribution in [3.8, 4) is 0 Å². The van der Waals surface area contributed by atoms with Crippen LogP contribution in [0.5, 0.6) is 0 Å². The fraction of sp³-hybridized carbons (Fsp3) is 0.591. The van der Waals surface area contributed by atoms with Gasteiger partial charge in [-0.05, 0) is 61.3 Å². The van der Waals surface area contributed by atoms with E-state index in [9.17, 15) is 18.0 Å². The second kappa shape index (κ2) is 9.50. The molecule has 0 radical (unpaired) electrons. The molecule has 172 valence electrons. The van der Waals surface area contributed by atoms with Crippen molar-refractivity contribution in [3.63, 3.8) is 0 Å². The van der Waals surface area contributed by atoms with E-state index < -0.39 is 12.6 Å². The number of carbonyl (C=O) groups excluding carboxylic acids is 1. The summed E-state index contributed by atoms with van der Waals surface area (Å²) in [7, 11) is 0. The molecule has 1 aliphatic heterocycles. The summed E-state index contributed by atoms with van der Waals surface area (Å²) in [5, 5.41) is 0. The highest BCUT2D eigenvalue weighted by Gasteiger charge is 2.31. The van der Waals surface area contributed by atoms with Gasteiger partial charge in [-0.25, -0.2) is 4.79 Å². The summed E-state index contributed by atoms with van der Waals surface area (Å²) in [5.74, 6) is -0.349. The molecule has 0 aliphatic carbocycles. The lowest BCUT2D eigenvalue weighted by molar-refractivity contribution is -0.138. The van der Waals surface area contributed by atoms with Crippen LogP contribution in [-0.2, 0) is 4.74 Å². The molecule has 1 unspecified atom stereocenters. The van der Waals surface area contributed by atoms with Crippen molar-refractivity contribution in [2.24, 2.45) is 0 Å². The molecule has 31 heavy (non-hydrogen) atoms. The Hall–Kier alpha value is -1.58. The Morgan fingerprint density at radius 3 is 2.39 bits per heavy atom. The van der Waals surface area contributed by atoms with Crippen molar-refractivity contribution in [1.82, 2.24) is 14.2 Å². The molecule has 3 heterocycles. The molecule has 0 aromatic carbocycles. The monoisotopic (exact) mass is 503 g/mol. The molecule has 1 aliphatic rings. The number of rotatable bonds is 6. The van der Waals surface area contributed by atoms with Crippen LogP contribution in [0.2, 0.25) is 0 Å². The van der Waals surface area contributed by atoms with Crippen molar-refractivity contribution in [1.29, 1.82) is 0 Å². The van der Waals surface area contributed by atoms with Crippen LogP contribution >= 0.6 is 15.9 Å². The first-order chi connectivity index (χ1) is 14.5. The largest absolute Gasteiger partial charge is 0.459 e. The molecule has 1 saturated heterocycles. The number of alkyl halides is 3. The van der Waals surface area contributed by atoms with Gasteiger partial charge in [0.15, 0.2) is 0 Å². The van der Waals surface area contributed by atoms with Gasteiger partial charge < -0.3 is 14.0 Å². The van der Waals surface area contributed by atoms with E-state index in [4.69, 9.17) is 4.74 Å². The SMILES string of the molecule is Cc1c(C(=O)OC(C)C)cc2cc(Br)cn2c1C(C)N1CCN(CCC(F)(F)F)CC1. The lowest BCUT2D eigenvalue weighted by atomic mass is 10.0. The van der Waals surface area contributed by atoms with Gasteiger partial charge >= 0.3 is 12.1 Å². The molecule has 0 amide bonds. The summed E-state index contributed by atoms with van der Waals surface area (Å²) in [6.45, 7) is 10.2. The molecule has 0 bridgehead atoms. The number of halogens is 4. The molecule has 2 aromatic rings. The molecular formula is C22H29BrF3N3O2. The number of ether oxygens (including phenoxy) is 1. The summed E-state index contributed by atoms with van der Waals surface area (Å²) in [5.41, 5.74) is 3.27. The van der Waals surface area contributed by atoms with Gasteiger partial charge in [-0.3, -0.25) is 4.90 Å². The highest BCUT2D eigenvalue weighted by molar-refractivity contribution is 9.10. The topological polar surface area (TPSA) is 37.2 Å². The molecular weight excluding hydrogens is 475 g/mol. The third-order valence-electron chi connectivity index (χ3n) is 5.78. The van der Waals surface area contributed by atoms with Gasteiger partial charge in [-0.15, -0.1) is 0 Å². The van der Waals surface area contributed by atoms with E-state index in [0.29, 0.717) is 31.7 Å². The van der Waals surface area contributed by atoms with Crippen molar-refractivity contribution in [2.75, 3.05) is 32.7 Å². The number of piperazine rings is 1. The fourth-order valence-corrected chi connectivity index (χ4v) is 4.62. The molecule has 0 saturated carbocycles. The second-order valence-corrected chi connectivity index (χ2v) is 9.31. The normalized spacial score (nSPS) is 17.5. The van der Waals surface area contributed by atoms with Gasteiger partial charge in [0.25, 0.3) is 0 Å². The first kappa shape index (κ1) is 24.1. The van der Waals surface area contributed by atoms with Crippen LogP contribution in [0.15, 0.2) is 22.8 Å². The minimum Gasteiger partial charge on any atom is -0.459 e. The summed E-state index contributed by atoms with van der Waals surface area (Å²) in [6.07, 6.45) is -3.14. The average Bonchev–Trinajstić information content (AvgIpc) is 3.04. The molecule has 0 N–H and O–H groups in total. The molecule has 0 spiro atoms. The quantitative estimate of drug-likeness (QED) is 0.507. The Bertz CT molecular complexity index is 934. The minimum absolute atomic E-state index is 0.0154. The van der Waals surface area contributed by atoms with E-state index in [2.05, 4.69) is 32.2 Å². The lowest BCUT2D eigenvalue weighted by Gasteiger charge is -2.39. The number of carbonyl (C=O) groups is 1. The van der Waals surface area contributed by atoms with Gasteiger partial charge in [0, 0.05) is 60.6 Å². The maximum Gasteiger partial charge on any atom is 0.390 e. The predicted molar refractivity (Wildman–Crippen MR) is 117 cm³/mol. The van der Waals surface area contributed by atoms with Crippen molar-refractivity contribution >= 4 is 27.4 Å². The van der Waals surface area contributed by atoms with E-state index in [1.165, 1.54) is 0 Å². The number of nitrogens with zero attached hydrogens (tertiary/aromatic N) is 3. The van der Waals surface area contributed by atoms with Gasteiger partial charge in [-0.2, -0.15) is 13.2 Å². The van der Waals surface area contributed by atoms with E-state index in [-0.39, 0.29) is 24.7 Å². The van der Waals surface area contributed by atoms with Gasteiger partial charge in [0.05, 0.1) is 18.1 Å². The van der Waals surface area contributed by atoms with Crippen molar-refractivity contribution < 1.29 is 22.7 Å². The number of aromatic nitrogens is 1. The lowest BCUT2D eigenvalue weighted by Crippen LogP contribution is -2.48. The summed E-state index contributed by atoms with van der Waals surface area (Å²) in [6, 6.07) is 3.78. The summed E-state index contributed by atoms with van der Waals surface area (Å²) < 4.78 is 46.0. The smallest absolute Gasteiger partial charge is 0.390 e. The predicted octanol–water partition coefficient (Wildman–Crippen LogP) is 5.21. The van der Waals surface area contributed by atoms with Crippen LogP contribution in [0.1, 0.15) is 54.8 Å². The first-order valence-corrected chi connectivity index (χ1v) is 11.3. The van der Waals surface area contributed by atoms with Crippen LogP contribution in [0.4, 0.5) is 13.2 Å². The van der Waals surface area contributed by atoms with Gasteiger partial charge in [-0.1, -0.05) is 0 Å². The number of hydrogen-bond donors (Lipinski definition) is 0. The van der Waals surface area contributed by atoms with Crippen LogP contribution in [0, 0.1) is 6.92 Å². The van der Waals surface area contributed by atoms with Crippen molar-refractivity contribution in [3.05, 3.63) is 39.6 Å². The molecule has 5 nitrogen and oxygen atoms in total. The van der Waals surface area contributed by atoms with Crippen LogP contribution in [0.25, 0.3) is 5.52 Å². The summed E-state index contributed by atoms with van der Waals surface area (Å²) >= 11 is 3.52. The second-order valence-electron chi connectivity index (χ2n) is 8.39. The molecule has 3 rings (SSSR count). The minimum atomic E-state index is -4.13. The number of fused-ring (bicyclic) bond motifs is 1. The highest BCUT2D eigenvalue weighted by Crippen LogP contribution is 2.31. The Balaban J connectivity index is 1.84. The van der Waals surface area contributed by atoms with E-state index in [1.54, 1.807) is 0 Å². The third kappa shape index (κ3) is 5.81. The van der Waals surface area contributed by atoms with Crippen LogP contribution < -0.4 is 0 Å². The van der Waals surface area contributed by atoms with E-state index in [1.807, 2.05) is 44.0 Å². The number of esters is 1. The highest BCUT2D eigenvalue weighted by atomic mass is 79.9. The standard InChI is InChI=1S/C22H29BrF3N3O2/c1-14(2)31-21(30)19-12-18-11-17(23)13-29(18)20(15(19)3)16(4)28-9-7-27(8-10-28)6-5-22(24,25)26/h11-14,16H,5-10H2,1-4H3. The maximum atomic E-state index is 12.7. The van der Waals surface area contributed by atoms with E-state index in [0.717, 1.165) is 21.2 Å². The molecule has 2 aromatic heterocycles. The number of pyridine rings is 1. The fourth-order valence-electron chi connectivity index (χ4n) is 4.18. The Kier molecular flexibility index (Phi) is 7.38. The maximum absolute atomic E-state index is 12.7. The van der Waals surface area contributed by atoms with Gasteiger partial charge in [0.2, 0.25) is 0 Å². The Morgan fingerprint density at radius 1 is 1.16 bits per heavy atom. The zero-order valence-electron chi connectivity index (χ0n) is 18.3. The Labute approximate surface area is 189 Å². The summed E-state index contributed by atoms with van der Waals surface area (Å²) in [4.78, 5) is 16.8. The Morgan fingerprint density at radius 2 is 1.81 bits per heavy atom. The number of hydrogen-bond acceptors (Lipinski definition) is 4. The zero-order chi connectivity index (χ0) is 22.9.